The Bertz CT molecular complexity index is 683. The Hall–Kier alpha value is -1.97. The van der Waals surface area contributed by atoms with E-state index in [0.717, 1.165) is 10.9 Å². The highest BCUT2D eigenvalue weighted by atomic mass is 16.1. The average molecular weight is 271 g/mol. The van der Waals surface area contributed by atoms with Crippen molar-refractivity contribution in [2.75, 3.05) is 5.73 Å². The van der Waals surface area contributed by atoms with E-state index in [4.69, 9.17) is 5.73 Å². The molecular formula is C16H21N3O. The number of hydrogen-bond donors (Lipinski definition) is 3. The number of nitrogen functional groups attached to an aromatic ring is 1. The molecule has 106 valence electrons. The van der Waals surface area contributed by atoms with Crippen molar-refractivity contribution in [3.8, 4) is 0 Å². The molecule has 1 aliphatic rings. The summed E-state index contributed by atoms with van der Waals surface area (Å²) in [5.41, 5.74) is 8.32. The van der Waals surface area contributed by atoms with Crippen LogP contribution in [0.1, 0.15) is 38.1 Å². The van der Waals surface area contributed by atoms with Crippen molar-refractivity contribution in [1.29, 1.82) is 0 Å². The van der Waals surface area contributed by atoms with Gasteiger partial charge in [0.05, 0.1) is 5.56 Å². The summed E-state index contributed by atoms with van der Waals surface area (Å²) < 4.78 is 0. The zero-order valence-electron chi connectivity index (χ0n) is 12.4. The number of H-pyrrole nitrogens is 1. The molecular weight excluding hydrogens is 250 g/mol. The fourth-order valence-corrected chi connectivity index (χ4v) is 3.09. The number of fused-ring (bicyclic) bond motifs is 1. The number of nitrogens with one attached hydrogen (secondary N) is 2. The van der Waals surface area contributed by atoms with Crippen LogP contribution in [0.3, 0.4) is 0 Å². The van der Waals surface area contributed by atoms with Crippen LogP contribution >= 0.6 is 0 Å². The molecule has 4 heteroatoms. The van der Waals surface area contributed by atoms with Crippen LogP contribution in [0.2, 0.25) is 0 Å². The summed E-state index contributed by atoms with van der Waals surface area (Å²) in [7, 11) is 0. The molecule has 0 saturated heterocycles. The van der Waals surface area contributed by atoms with Crippen molar-refractivity contribution in [2.45, 2.75) is 33.7 Å². The van der Waals surface area contributed by atoms with Crippen molar-refractivity contribution in [2.24, 2.45) is 10.8 Å². The van der Waals surface area contributed by atoms with E-state index in [0.29, 0.717) is 11.3 Å². The van der Waals surface area contributed by atoms with Gasteiger partial charge in [-0.1, -0.05) is 27.7 Å². The van der Waals surface area contributed by atoms with E-state index in [-0.39, 0.29) is 22.8 Å². The second kappa shape index (κ2) is 3.78. The number of anilines is 1. The average Bonchev–Trinajstić information content (AvgIpc) is 2.69. The Labute approximate surface area is 118 Å². The monoisotopic (exact) mass is 271 g/mol. The third kappa shape index (κ3) is 1.64. The van der Waals surface area contributed by atoms with Crippen LogP contribution in [-0.2, 0) is 0 Å². The molecule has 20 heavy (non-hydrogen) atoms. The molecule has 1 amide bonds. The Kier molecular flexibility index (Phi) is 2.46. The standard InChI is InChI=1S/C16H21N3O/c1-15(2)14(16(15,3)4)19-13(20)11-8-18-12-6-5-9(17)7-10(11)12/h5-8,14,18H,17H2,1-4H3,(H,19,20). The molecule has 0 spiro atoms. The van der Waals surface area contributed by atoms with E-state index in [1.165, 1.54) is 0 Å². The number of rotatable bonds is 2. The highest BCUT2D eigenvalue weighted by Gasteiger charge is 2.65. The van der Waals surface area contributed by atoms with Gasteiger partial charge >= 0.3 is 0 Å². The lowest BCUT2D eigenvalue weighted by atomic mass is 10.0. The molecule has 1 aromatic carbocycles. The van der Waals surface area contributed by atoms with Gasteiger partial charge in [-0.25, -0.2) is 0 Å². The van der Waals surface area contributed by atoms with Crippen molar-refractivity contribution in [1.82, 2.24) is 10.3 Å². The van der Waals surface area contributed by atoms with Crippen LogP contribution in [0.15, 0.2) is 24.4 Å². The van der Waals surface area contributed by atoms with Gasteiger partial charge < -0.3 is 16.0 Å². The lowest BCUT2D eigenvalue weighted by molar-refractivity contribution is 0.0945. The van der Waals surface area contributed by atoms with Gasteiger partial charge in [-0.3, -0.25) is 4.79 Å². The second-order valence-electron chi connectivity index (χ2n) is 6.86. The predicted molar refractivity (Wildman–Crippen MR) is 81.5 cm³/mol. The van der Waals surface area contributed by atoms with Crippen LogP contribution < -0.4 is 11.1 Å². The maximum absolute atomic E-state index is 12.5. The molecule has 1 aliphatic carbocycles. The summed E-state index contributed by atoms with van der Waals surface area (Å²) in [5.74, 6) is -0.0366. The van der Waals surface area contributed by atoms with Gasteiger partial charge in [0.25, 0.3) is 5.91 Å². The number of amides is 1. The van der Waals surface area contributed by atoms with Gasteiger partial charge in [0.2, 0.25) is 0 Å². The van der Waals surface area contributed by atoms with E-state index in [1.54, 1.807) is 6.20 Å². The highest BCUT2D eigenvalue weighted by molar-refractivity contribution is 6.07. The van der Waals surface area contributed by atoms with E-state index in [2.05, 4.69) is 38.0 Å². The number of hydrogen-bond acceptors (Lipinski definition) is 2. The second-order valence-corrected chi connectivity index (χ2v) is 6.86. The topological polar surface area (TPSA) is 70.9 Å². The highest BCUT2D eigenvalue weighted by Crippen LogP contribution is 2.62. The molecule has 2 aromatic rings. The molecule has 0 bridgehead atoms. The first-order valence-electron chi connectivity index (χ1n) is 6.92. The molecule has 1 heterocycles. The van der Waals surface area contributed by atoms with Crippen LogP contribution in [-0.4, -0.2) is 16.9 Å². The molecule has 4 nitrogen and oxygen atoms in total. The number of nitrogens with two attached hydrogens (primary N) is 1. The van der Waals surface area contributed by atoms with Gasteiger partial charge in [0.1, 0.15) is 0 Å². The van der Waals surface area contributed by atoms with Gasteiger partial charge in [0.15, 0.2) is 0 Å². The smallest absolute Gasteiger partial charge is 0.253 e. The van der Waals surface area contributed by atoms with Crippen LogP contribution in [0.4, 0.5) is 5.69 Å². The van der Waals surface area contributed by atoms with Crippen LogP contribution in [0.5, 0.6) is 0 Å². The minimum atomic E-state index is -0.0366. The first-order chi connectivity index (χ1) is 9.25. The molecule has 1 fully saturated rings. The molecule has 1 saturated carbocycles. The fraction of sp³-hybridized carbons (Fsp3) is 0.438. The Morgan fingerprint density at radius 1 is 1.25 bits per heavy atom. The quantitative estimate of drug-likeness (QED) is 0.735. The largest absolute Gasteiger partial charge is 0.399 e. The minimum absolute atomic E-state index is 0.0366. The maximum Gasteiger partial charge on any atom is 0.253 e. The van der Waals surface area contributed by atoms with Gasteiger partial charge in [-0.15, -0.1) is 0 Å². The minimum Gasteiger partial charge on any atom is -0.399 e. The third-order valence-corrected chi connectivity index (χ3v) is 5.25. The number of aromatic amines is 1. The normalized spacial score (nSPS) is 20.0. The first-order valence-corrected chi connectivity index (χ1v) is 6.92. The summed E-state index contributed by atoms with van der Waals surface area (Å²) >= 11 is 0. The molecule has 0 radical (unpaired) electrons. The van der Waals surface area contributed by atoms with E-state index in [1.807, 2.05) is 18.2 Å². The zero-order valence-corrected chi connectivity index (χ0v) is 12.4. The summed E-state index contributed by atoms with van der Waals surface area (Å²) in [6.45, 7) is 8.74. The molecule has 4 N–H and O–H groups in total. The fourth-order valence-electron chi connectivity index (χ4n) is 3.09. The van der Waals surface area contributed by atoms with Crippen molar-refractivity contribution < 1.29 is 4.79 Å². The lowest BCUT2D eigenvalue weighted by Gasteiger charge is -2.06. The molecule has 0 unspecified atom stereocenters. The van der Waals surface area contributed by atoms with Gasteiger partial charge in [-0.2, -0.15) is 0 Å². The lowest BCUT2D eigenvalue weighted by Crippen LogP contribution is -2.29. The third-order valence-electron chi connectivity index (χ3n) is 5.25. The predicted octanol–water partition coefficient (Wildman–Crippen LogP) is 2.91. The van der Waals surface area contributed by atoms with Gasteiger partial charge in [0, 0.05) is 28.8 Å². The van der Waals surface area contributed by atoms with Gasteiger partial charge in [-0.05, 0) is 29.0 Å². The van der Waals surface area contributed by atoms with Crippen molar-refractivity contribution in [3.05, 3.63) is 30.0 Å². The van der Waals surface area contributed by atoms with E-state index >= 15 is 0 Å². The summed E-state index contributed by atoms with van der Waals surface area (Å²) in [4.78, 5) is 15.6. The number of benzene rings is 1. The summed E-state index contributed by atoms with van der Waals surface area (Å²) in [6.07, 6.45) is 1.75. The Balaban J connectivity index is 1.89. The van der Waals surface area contributed by atoms with E-state index in [9.17, 15) is 4.79 Å². The Morgan fingerprint density at radius 2 is 1.90 bits per heavy atom. The zero-order chi connectivity index (χ0) is 14.7. The Morgan fingerprint density at radius 3 is 2.50 bits per heavy atom. The number of aromatic nitrogens is 1. The molecule has 0 atom stereocenters. The summed E-state index contributed by atoms with van der Waals surface area (Å²) in [5, 5.41) is 4.02. The summed E-state index contributed by atoms with van der Waals surface area (Å²) in [6, 6.07) is 5.76. The molecule has 3 rings (SSSR count). The maximum atomic E-state index is 12.5. The first kappa shape index (κ1) is 13.0. The van der Waals surface area contributed by atoms with Crippen molar-refractivity contribution >= 4 is 22.5 Å². The van der Waals surface area contributed by atoms with Crippen LogP contribution in [0.25, 0.3) is 10.9 Å². The molecule has 1 aromatic heterocycles. The number of carbonyl (C=O) groups is 1. The van der Waals surface area contributed by atoms with E-state index < -0.39 is 0 Å². The SMILES string of the molecule is CC1(C)C(NC(=O)c2c[nH]c3ccc(N)cc23)C1(C)C. The van der Waals surface area contributed by atoms with Crippen LogP contribution in [0, 0.1) is 10.8 Å². The molecule has 0 aliphatic heterocycles. The number of carbonyl (C=O) groups excluding carboxylic acids is 1. The van der Waals surface area contributed by atoms with Crippen molar-refractivity contribution in [3.63, 3.8) is 0 Å².